The molecule has 0 saturated heterocycles. The second-order valence-electron chi connectivity index (χ2n) is 3.07. The molecule has 0 aliphatic rings. The second-order valence-corrected chi connectivity index (χ2v) is 4.00. The van der Waals surface area contributed by atoms with Crippen molar-refractivity contribution in [3.8, 4) is 0 Å². The molecular formula is C9H8N2O3S. The number of benzene rings is 1. The second kappa shape index (κ2) is 3.92. The highest BCUT2D eigenvalue weighted by molar-refractivity contribution is 7.78. The van der Waals surface area contributed by atoms with Gasteiger partial charge in [0.25, 0.3) is 0 Å². The third-order valence-corrected chi connectivity index (χ3v) is 2.64. The zero-order valence-electron chi connectivity index (χ0n) is 7.64. The lowest BCUT2D eigenvalue weighted by atomic mass is 10.1. The van der Waals surface area contributed by atoms with E-state index in [1.54, 1.807) is 18.2 Å². The molecule has 78 valence electrons. The summed E-state index contributed by atoms with van der Waals surface area (Å²) in [5.74, 6) is 0.0550. The Hall–Kier alpha value is -1.53. The maximum Gasteiger partial charge on any atom is 0.168 e. The highest BCUT2D eigenvalue weighted by atomic mass is 32.2. The van der Waals surface area contributed by atoms with Gasteiger partial charge in [0, 0.05) is 5.39 Å². The molecule has 1 aromatic carbocycles. The summed E-state index contributed by atoms with van der Waals surface area (Å²) < 4.78 is 19.3. The first-order valence-electron chi connectivity index (χ1n) is 4.20. The summed E-state index contributed by atoms with van der Waals surface area (Å²) in [7, 11) is 0. The Morgan fingerprint density at radius 2 is 2.33 bits per heavy atom. The number of fused-ring (bicyclic) bond motifs is 1. The van der Waals surface area contributed by atoms with E-state index in [1.165, 1.54) is 0 Å². The van der Waals surface area contributed by atoms with Gasteiger partial charge in [-0.1, -0.05) is 6.07 Å². The minimum absolute atomic E-state index is 0.0550. The van der Waals surface area contributed by atoms with Crippen LogP contribution in [-0.4, -0.2) is 25.2 Å². The van der Waals surface area contributed by atoms with Gasteiger partial charge in [0.1, 0.15) is 5.69 Å². The topological polar surface area (TPSA) is 83.0 Å². The van der Waals surface area contributed by atoms with E-state index < -0.39 is 11.1 Å². The number of aldehydes is 1. The number of carbonyl (C=O) groups is 1. The quantitative estimate of drug-likeness (QED) is 0.604. The lowest BCUT2D eigenvalue weighted by Crippen LogP contribution is -1.92. The molecule has 6 heteroatoms. The Bertz CT molecular complexity index is 535. The number of carbonyl (C=O) groups excluding carboxylic acids is 1. The van der Waals surface area contributed by atoms with Crippen LogP contribution in [0.15, 0.2) is 18.2 Å². The van der Waals surface area contributed by atoms with E-state index in [9.17, 15) is 9.00 Å². The van der Waals surface area contributed by atoms with Crippen molar-refractivity contribution in [2.24, 2.45) is 0 Å². The number of aromatic amines is 1. The number of hydrogen-bond acceptors (Lipinski definition) is 3. The molecule has 2 rings (SSSR count). The molecule has 0 aliphatic heterocycles. The van der Waals surface area contributed by atoms with E-state index in [4.69, 9.17) is 4.55 Å². The van der Waals surface area contributed by atoms with Crippen LogP contribution in [-0.2, 0) is 16.8 Å². The molecule has 1 heterocycles. The normalized spacial score (nSPS) is 12.9. The molecule has 0 bridgehead atoms. The highest BCUT2D eigenvalue weighted by Crippen LogP contribution is 2.17. The van der Waals surface area contributed by atoms with E-state index in [2.05, 4.69) is 10.2 Å². The number of aromatic nitrogens is 2. The van der Waals surface area contributed by atoms with E-state index in [-0.39, 0.29) is 5.75 Å². The summed E-state index contributed by atoms with van der Waals surface area (Å²) in [5.41, 5.74) is 1.76. The van der Waals surface area contributed by atoms with Crippen LogP contribution in [0.1, 0.15) is 16.1 Å². The number of hydrogen-bond donors (Lipinski definition) is 2. The molecule has 15 heavy (non-hydrogen) atoms. The van der Waals surface area contributed by atoms with Gasteiger partial charge in [-0.3, -0.25) is 9.89 Å². The monoisotopic (exact) mass is 224 g/mol. The fraction of sp³-hybridized carbons (Fsp3) is 0.111. The molecule has 1 unspecified atom stereocenters. The van der Waals surface area contributed by atoms with Crippen molar-refractivity contribution in [2.75, 3.05) is 0 Å². The Kier molecular flexibility index (Phi) is 2.61. The van der Waals surface area contributed by atoms with Crippen molar-refractivity contribution in [2.45, 2.75) is 5.75 Å². The summed E-state index contributed by atoms with van der Waals surface area (Å²) in [5, 5.41) is 7.18. The summed E-state index contributed by atoms with van der Waals surface area (Å²) in [6, 6.07) is 5.11. The molecule has 2 aromatic rings. The molecule has 0 fully saturated rings. The lowest BCUT2D eigenvalue weighted by molar-refractivity contribution is 0.112. The molecular weight excluding hydrogens is 216 g/mol. The molecule has 0 radical (unpaired) electrons. The van der Waals surface area contributed by atoms with E-state index in [0.29, 0.717) is 28.4 Å². The third-order valence-electron chi connectivity index (χ3n) is 2.06. The van der Waals surface area contributed by atoms with Gasteiger partial charge in [-0.05, 0) is 17.7 Å². The van der Waals surface area contributed by atoms with Crippen molar-refractivity contribution in [1.82, 2.24) is 10.2 Å². The van der Waals surface area contributed by atoms with Gasteiger partial charge in [0.15, 0.2) is 17.4 Å². The summed E-state index contributed by atoms with van der Waals surface area (Å²) in [6.07, 6.45) is 0.676. The summed E-state index contributed by atoms with van der Waals surface area (Å²) >= 11 is -1.87. The van der Waals surface area contributed by atoms with Gasteiger partial charge in [0.05, 0.1) is 11.3 Å². The van der Waals surface area contributed by atoms with Crippen LogP contribution in [0.2, 0.25) is 0 Å². The average molecular weight is 224 g/mol. The SMILES string of the molecule is O=Cc1[nH]nc2ccc(CS(=O)O)cc12. The van der Waals surface area contributed by atoms with Gasteiger partial charge in [0.2, 0.25) is 0 Å². The summed E-state index contributed by atoms with van der Waals surface area (Å²) in [6.45, 7) is 0. The predicted octanol–water partition coefficient (Wildman–Crippen LogP) is 1.10. The molecule has 0 saturated carbocycles. The minimum Gasteiger partial charge on any atom is -0.306 e. The maximum atomic E-state index is 10.6. The largest absolute Gasteiger partial charge is 0.306 e. The maximum absolute atomic E-state index is 10.6. The van der Waals surface area contributed by atoms with Crippen LogP contribution in [0.5, 0.6) is 0 Å². The third kappa shape index (κ3) is 1.95. The molecule has 0 spiro atoms. The first-order chi connectivity index (χ1) is 7.20. The number of rotatable bonds is 3. The first-order valence-corrected chi connectivity index (χ1v) is 5.48. The molecule has 0 amide bonds. The van der Waals surface area contributed by atoms with Crippen molar-refractivity contribution >= 4 is 28.3 Å². The minimum atomic E-state index is -1.87. The zero-order valence-corrected chi connectivity index (χ0v) is 8.45. The van der Waals surface area contributed by atoms with Crippen LogP contribution in [0, 0.1) is 0 Å². The van der Waals surface area contributed by atoms with Gasteiger partial charge >= 0.3 is 0 Å². The first kappa shape index (κ1) is 10.0. The number of nitrogens with zero attached hydrogens (tertiary/aromatic N) is 1. The van der Waals surface area contributed by atoms with Gasteiger partial charge in [-0.2, -0.15) is 5.10 Å². The van der Waals surface area contributed by atoms with Crippen molar-refractivity contribution in [3.63, 3.8) is 0 Å². The van der Waals surface area contributed by atoms with Crippen LogP contribution < -0.4 is 0 Å². The van der Waals surface area contributed by atoms with Crippen molar-refractivity contribution < 1.29 is 13.6 Å². The molecule has 2 N–H and O–H groups in total. The Morgan fingerprint density at radius 3 is 3.00 bits per heavy atom. The van der Waals surface area contributed by atoms with Gasteiger partial charge in [-0.15, -0.1) is 0 Å². The molecule has 5 nitrogen and oxygen atoms in total. The zero-order chi connectivity index (χ0) is 10.8. The highest BCUT2D eigenvalue weighted by Gasteiger charge is 2.06. The molecule has 1 aromatic heterocycles. The van der Waals surface area contributed by atoms with Crippen molar-refractivity contribution in [3.05, 3.63) is 29.5 Å². The van der Waals surface area contributed by atoms with Crippen LogP contribution in [0.3, 0.4) is 0 Å². The molecule has 1 atom stereocenters. The number of nitrogens with one attached hydrogen (secondary N) is 1. The summed E-state index contributed by atoms with van der Waals surface area (Å²) in [4.78, 5) is 10.6. The van der Waals surface area contributed by atoms with E-state index >= 15 is 0 Å². The fourth-order valence-electron chi connectivity index (χ4n) is 1.40. The Morgan fingerprint density at radius 1 is 1.53 bits per heavy atom. The van der Waals surface area contributed by atoms with Crippen LogP contribution >= 0.6 is 0 Å². The van der Waals surface area contributed by atoms with Crippen LogP contribution in [0.4, 0.5) is 0 Å². The van der Waals surface area contributed by atoms with Gasteiger partial charge < -0.3 is 4.55 Å². The lowest BCUT2D eigenvalue weighted by Gasteiger charge is -1.96. The Labute approximate surface area is 87.8 Å². The van der Waals surface area contributed by atoms with Crippen LogP contribution in [0.25, 0.3) is 10.9 Å². The standard InChI is InChI=1S/C9H8N2O3S/c12-4-9-7-3-6(5-15(13)14)1-2-8(7)10-11-9/h1-4H,5H2,(H,10,11)(H,13,14). The van der Waals surface area contributed by atoms with Crippen molar-refractivity contribution in [1.29, 1.82) is 0 Å². The smallest absolute Gasteiger partial charge is 0.168 e. The fourth-order valence-corrected chi connectivity index (χ4v) is 1.86. The predicted molar refractivity (Wildman–Crippen MR) is 56.0 cm³/mol. The Balaban J connectivity index is 2.52. The molecule has 0 aliphatic carbocycles. The van der Waals surface area contributed by atoms with E-state index in [0.717, 1.165) is 0 Å². The van der Waals surface area contributed by atoms with E-state index in [1.807, 2.05) is 0 Å². The van der Waals surface area contributed by atoms with Gasteiger partial charge in [-0.25, -0.2) is 4.21 Å². The number of H-pyrrole nitrogens is 1. The average Bonchev–Trinajstić information content (AvgIpc) is 2.59.